The van der Waals surface area contributed by atoms with Gasteiger partial charge in [0.1, 0.15) is 5.75 Å². The third kappa shape index (κ3) is 3.27. The first-order valence-electron chi connectivity index (χ1n) is 6.96. The number of rotatable bonds is 5. The molecule has 1 aromatic rings. The van der Waals surface area contributed by atoms with Crippen LogP contribution < -0.4 is 10.1 Å². The maximum Gasteiger partial charge on any atom is 0.133 e. The molecule has 18 heavy (non-hydrogen) atoms. The van der Waals surface area contributed by atoms with E-state index in [0.717, 1.165) is 29.2 Å². The summed E-state index contributed by atoms with van der Waals surface area (Å²) in [5.41, 5.74) is 1.38. The highest BCUT2D eigenvalue weighted by molar-refractivity contribution is 9.10. The molecular weight excluding hydrogens is 290 g/mol. The van der Waals surface area contributed by atoms with E-state index in [4.69, 9.17) is 4.74 Å². The van der Waals surface area contributed by atoms with Crippen LogP contribution in [0.5, 0.6) is 5.75 Å². The van der Waals surface area contributed by atoms with E-state index >= 15 is 0 Å². The Labute approximate surface area is 117 Å². The van der Waals surface area contributed by atoms with Crippen molar-refractivity contribution in [1.29, 1.82) is 0 Å². The van der Waals surface area contributed by atoms with Gasteiger partial charge in [0.25, 0.3) is 0 Å². The first-order chi connectivity index (χ1) is 8.81. The molecule has 3 heteroatoms. The zero-order chi connectivity index (χ0) is 12.4. The largest absolute Gasteiger partial charge is 0.492 e. The lowest BCUT2D eigenvalue weighted by Gasteiger charge is -2.13. The molecule has 0 radical (unpaired) electrons. The van der Waals surface area contributed by atoms with E-state index in [1.165, 1.54) is 37.8 Å². The van der Waals surface area contributed by atoms with E-state index in [-0.39, 0.29) is 0 Å². The van der Waals surface area contributed by atoms with E-state index in [1.54, 1.807) is 0 Å². The molecule has 0 aromatic heterocycles. The van der Waals surface area contributed by atoms with Crippen LogP contribution in [-0.4, -0.2) is 19.2 Å². The monoisotopic (exact) mass is 309 g/mol. The Balaban J connectivity index is 1.63. The Hall–Kier alpha value is -0.540. The minimum Gasteiger partial charge on any atom is -0.492 e. The van der Waals surface area contributed by atoms with Gasteiger partial charge < -0.3 is 10.1 Å². The number of hydrogen-bond acceptors (Lipinski definition) is 2. The topological polar surface area (TPSA) is 21.3 Å². The maximum absolute atomic E-state index is 5.90. The van der Waals surface area contributed by atoms with Crippen molar-refractivity contribution >= 4 is 15.9 Å². The van der Waals surface area contributed by atoms with Crippen molar-refractivity contribution in [2.75, 3.05) is 13.2 Å². The second kappa shape index (κ2) is 5.62. The van der Waals surface area contributed by atoms with Crippen LogP contribution >= 0.6 is 15.9 Å². The Kier molecular flexibility index (Phi) is 3.90. The molecule has 1 unspecified atom stereocenters. The average Bonchev–Trinajstić information content (AvgIpc) is 3.07. The third-order valence-electron chi connectivity index (χ3n) is 3.81. The normalized spacial score (nSPS) is 23.3. The number of hydrogen-bond donors (Lipinski definition) is 1. The van der Waals surface area contributed by atoms with Gasteiger partial charge >= 0.3 is 0 Å². The minimum absolute atomic E-state index is 0.655. The first kappa shape index (κ1) is 12.5. The molecule has 3 rings (SSSR count). The number of nitrogens with one attached hydrogen (secondary N) is 1. The number of halogens is 1. The summed E-state index contributed by atoms with van der Waals surface area (Å²) in [4.78, 5) is 0. The van der Waals surface area contributed by atoms with Crippen LogP contribution in [0.3, 0.4) is 0 Å². The summed E-state index contributed by atoms with van der Waals surface area (Å²) in [6.45, 7) is 2.05. The van der Waals surface area contributed by atoms with Crippen molar-refractivity contribution in [2.45, 2.75) is 38.1 Å². The maximum atomic E-state index is 5.90. The van der Waals surface area contributed by atoms with Gasteiger partial charge in [-0.3, -0.25) is 0 Å². The van der Waals surface area contributed by atoms with Gasteiger partial charge in [0.05, 0.1) is 11.1 Å². The quantitative estimate of drug-likeness (QED) is 0.898. The van der Waals surface area contributed by atoms with Crippen molar-refractivity contribution in [2.24, 2.45) is 5.92 Å². The lowest BCUT2D eigenvalue weighted by molar-refractivity contribution is 0.297. The molecule has 1 aliphatic carbocycles. The van der Waals surface area contributed by atoms with Gasteiger partial charge in [-0.15, -0.1) is 0 Å². The van der Waals surface area contributed by atoms with Crippen molar-refractivity contribution < 1.29 is 4.74 Å². The second-order valence-corrected chi connectivity index (χ2v) is 6.37. The molecule has 1 saturated heterocycles. The highest BCUT2D eigenvalue weighted by Crippen LogP contribution is 2.32. The number of ether oxygens (including phenoxy) is 1. The third-order valence-corrected chi connectivity index (χ3v) is 4.47. The van der Waals surface area contributed by atoms with E-state index in [9.17, 15) is 0 Å². The molecule has 2 aliphatic rings. The van der Waals surface area contributed by atoms with Crippen LogP contribution in [-0.2, 0) is 6.42 Å². The van der Waals surface area contributed by atoms with Gasteiger partial charge in [-0.2, -0.15) is 0 Å². The molecule has 98 valence electrons. The second-order valence-electron chi connectivity index (χ2n) is 5.52. The molecule has 2 fully saturated rings. The predicted molar refractivity (Wildman–Crippen MR) is 77.1 cm³/mol. The minimum atomic E-state index is 0.655. The van der Waals surface area contributed by atoms with Crippen molar-refractivity contribution in [3.63, 3.8) is 0 Å². The fourth-order valence-electron chi connectivity index (χ4n) is 2.49. The van der Waals surface area contributed by atoms with E-state index in [0.29, 0.717) is 6.04 Å². The summed E-state index contributed by atoms with van der Waals surface area (Å²) < 4.78 is 6.97. The van der Waals surface area contributed by atoms with Crippen LogP contribution in [0.1, 0.15) is 31.2 Å². The lowest BCUT2D eigenvalue weighted by Crippen LogP contribution is -2.23. The van der Waals surface area contributed by atoms with E-state index < -0.39 is 0 Å². The van der Waals surface area contributed by atoms with Gasteiger partial charge in [0, 0.05) is 6.04 Å². The van der Waals surface area contributed by atoms with Crippen LogP contribution in [0.4, 0.5) is 0 Å². The fraction of sp³-hybridized carbons (Fsp3) is 0.600. The van der Waals surface area contributed by atoms with Crippen molar-refractivity contribution in [1.82, 2.24) is 5.32 Å². The summed E-state index contributed by atoms with van der Waals surface area (Å²) in [5.74, 6) is 1.81. The fourth-order valence-corrected chi connectivity index (χ4v) is 2.85. The Morgan fingerprint density at radius 2 is 2.17 bits per heavy atom. The zero-order valence-electron chi connectivity index (χ0n) is 10.6. The summed E-state index contributed by atoms with van der Waals surface area (Å²) >= 11 is 3.57. The average molecular weight is 310 g/mol. The van der Waals surface area contributed by atoms with Crippen LogP contribution in [0.2, 0.25) is 0 Å². The molecule has 1 atom stereocenters. The van der Waals surface area contributed by atoms with E-state index in [1.807, 2.05) is 0 Å². The molecular formula is C15H20BrNO. The first-order valence-corrected chi connectivity index (χ1v) is 7.75. The highest BCUT2D eigenvalue weighted by atomic mass is 79.9. The van der Waals surface area contributed by atoms with Gasteiger partial charge in [-0.1, -0.05) is 6.07 Å². The molecule has 0 amide bonds. The van der Waals surface area contributed by atoms with Gasteiger partial charge in [-0.25, -0.2) is 0 Å². The predicted octanol–water partition coefficient (Wildman–Crippen LogP) is 3.53. The van der Waals surface area contributed by atoms with Gasteiger partial charge in [-0.05, 0) is 78.2 Å². The summed E-state index contributed by atoms with van der Waals surface area (Å²) in [6.07, 6.45) is 6.40. The molecule has 1 N–H and O–H groups in total. The molecule has 1 aromatic carbocycles. The Morgan fingerprint density at radius 3 is 2.89 bits per heavy atom. The molecule has 1 heterocycles. The standard InChI is InChI=1S/C15H20BrNO/c16-14-6-5-12(8-13-2-1-7-17-13)9-15(14)18-10-11-3-4-11/h5-6,9,11,13,17H,1-4,7-8,10H2. The van der Waals surface area contributed by atoms with Gasteiger partial charge in [0.15, 0.2) is 0 Å². The van der Waals surface area contributed by atoms with Crippen LogP contribution in [0.15, 0.2) is 22.7 Å². The van der Waals surface area contributed by atoms with Crippen molar-refractivity contribution in [3.8, 4) is 5.75 Å². The Bertz CT molecular complexity index is 411. The molecule has 1 aliphatic heterocycles. The molecule has 0 spiro atoms. The van der Waals surface area contributed by atoms with Crippen molar-refractivity contribution in [3.05, 3.63) is 28.2 Å². The molecule has 2 nitrogen and oxygen atoms in total. The zero-order valence-corrected chi connectivity index (χ0v) is 12.2. The summed E-state index contributed by atoms with van der Waals surface area (Å²) in [7, 11) is 0. The molecule has 1 saturated carbocycles. The van der Waals surface area contributed by atoms with Crippen LogP contribution in [0, 0.1) is 5.92 Å². The summed E-state index contributed by atoms with van der Waals surface area (Å²) in [6, 6.07) is 7.18. The lowest BCUT2D eigenvalue weighted by atomic mass is 10.0. The summed E-state index contributed by atoms with van der Waals surface area (Å²) in [5, 5.41) is 3.55. The highest BCUT2D eigenvalue weighted by Gasteiger charge is 2.22. The molecule has 0 bridgehead atoms. The van der Waals surface area contributed by atoms with Gasteiger partial charge in [0.2, 0.25) is 0 Å². The Morgan fingerprint density at radius 1 is 1.28 bits per heavy atom. The van der Waals surface area contributed by atoms with Crippen LogP contribution in [0.25, 0.3) is 0 Å². The van der Waals surface area contributed by atoms with E-state index in [2.05, 4.69) is 39.4 Å². The SMILES string of the molecule is Brc1ccc(CC2CCCN2)cc1OCC1CC1. The number of benzene rings is 1. The smallest absolute Gasteiger partial charge is 0.133 e.